The topological polar surface area (TPSA) is 86.9 Å². The minimum Gasteiger partial charge on any atom is -0.478 e. The Morgan fingerprint density at radius 3 is 1.97 bits per heavy atom. The monoisotopic (exact) mass is 493 g/mol. The van der Waals surface area contributed by atoms with E-state index < -0.39 is 12.0 Å². The van der Waals surface area contributed by atoms with Crippen LogP contribution in [0.5, 0.6) is 0 Å². The van der Waals surface area contributed by atoms with Gasteiger partial charge < -0.3 is 15.7 Å². The van der Waals surface area contributed by atoms with Gasteiger partial charge in [0.25, 0.3) is 0 Å². The van der Waals surface area contributed by atoms with E-state index >= 15 is 0 Å². The van der Waals surface area contributed by atoms with E-state index in [-0.39, 0.29) is 0 Å². The normalized spacial score (nSPS) is 10.9. The molecule has 7 heteroatoms. The van der Waals surface area contributed by atoms with Crippen LogP contribution in [0.25, 0.3) is 0 Å². The number of urea groups is 1. The largest absolute Gasteiger partial charge is 0.478 e. The molecule has 184 valence electrons. The number of nitrogens with zero attached hydrogens (tertiary/aromatic N) is 2. The third kappa shape index (κ3) is 8.74. The lowest BCUT2D eigenvalue weighted by Crippen LogP contribution is -2.38. The van der Waals surface area contributed by atoms with E-state index in [9.17, 15) is 9.59 Å². The number of hydrogen-bond acceptors (Lipinski definition) is 3. The first-order valence-corrected chi connectivity index (χ1v) is 12.2. The zero-order chi connectivity index (χ0) is 25.0. The fourth-order valence-corrected chi connectivity index (χ4v) is 4.15. The van der Waals surface area contributed by atoms with Gasteiger partial charge >= 0.3 is 12.0 Å². The van der Waals surface area contributed by atoms with Gasteiger partial charge in [-0.1, -0.05) is 54.1 Å². The van der Waals surface area contributed by atoms with E-state index in [1.54, 1.807) is 17.0 Å². The maximum absolute atomic E-state index is 12.0. The van der Waals surface area contributed by atoms with Gasteiger partial charge in [0.05, 0.1) is 5.56 Å². The summed E-state index contributed by atoms with van der Waals surface area (Å²) in [7, 11) is 0. The molecule has 0 saturated heterocycles. The number of carbonyl (C=O) groups excluding carboxylic acids is 1. The van der Waals surface area contributed by atoms with Crippen molar-refractivity contribution in [2.24, 2.45) is 5.73 Å². The van der Waals surface area contributed by atoms with Gasteiger partial charge in [-0.3, -0.25) is 4.90 Å². The summed E-state index contributed by atoms with van der Waals surface area (Å²) in [5.74, 6) is -0.912. The highest BCUT2D eigenvalue weighted by atomic mass is 35.5. The van der Waals surface area contributed by atoms with Gasteiger partial charge in [-0.2, -0.15) is 0 Å². The summed E-state index contributed by atoms with van der Waals surface area (Å²) in [4.78, 5) is 27.1. The van der Waals surface area contributed by atoms with Crippen LogP contribution < -0.4 is 10.6 Å². The molecule has 0 aliphatic rings. The van der Waals surface area contributed by atoms with Gasteiger partial charge in [0, 0.05) is 23.8 Å². The molecule has 3 aromatic rings. The second-order valence-electron chi connectivity index (χ2n) is 8.50. The molecule has 0 aliphatic carbocycles. The van der Waals surface area contributed by atoms with E-state index in [2.05, 4.69) is 17.0 Å². The Balaban J connectivity index is 1.56. The van der Waals surface area contributed by atoms with Crippen LogP contribution in [0.2, 0.25) is 5.02 Å². The van der Waals surface area contributed by atoms with E-state index in [4.69, 9.17) is 22.4 Å². The summed E-state index contributed by atoms with van der Waals surface area (Å²) in [6.07, 6.45) is 3.52. The third-order valence-electron chi connectivity index (χ3n) is 5.96. The Hall–Kier alpha value is -3.35. The van der Waals surface area contributed by atoms with Crippen LogP contribution in [0, 0.1) is 0 Å². The number of nitrogens with two attached hydrogens (primary N) is 1. The molecule has 3 rings (SSSR count). The molecule has 0 bridgehead atoms. The van der Waals surface area contributed by atoms with Crippen LogP contribution in [0.1, 0.15) is 34.3 Å². The number of carboxylic acids is 1. The second kappa shape index (κ2) is 13.5. The second-order valence-corrected chi connectivity index (χ2v) is 8.94. The average molecular weight is 494 g/mol. The van der Waals surface area contributed by atoms with Gasteiger partial charge in [0.15, 0.2) is 0 Å². The molecule has 0 heterocycles. The molecule has 0 aromatic heterocycles. The number of primary amides is 1. The molecule has 0 fully saturated rings. The van der Waals surface area contributed by atoms with Crippen molar-refractivity contribution in [3.05, 3.63) is 101 Å². The van der Waals surface area contributed by atoms with Gasteiger partial charge in [-0.25, -0.2) is 9.59 Å². The molecule has 0 spiro atoms. The standard InChI is InChI=1S/C28H32ClN3O3/c29-25-15-11-23(12-16-25)17-21-31(18-4-6-22-9-13-24(14-10-22)27(33)34)19-5-20-32(28(30)35)26-7-2-1-3-8-26/h1-3,7-16H,4-6,17-21H2,(H2,30,35)(H,33,34). The van der Waals surface area contributed by atoms with Crippen molar-refractivity contribution in [1.82, 2.24) is 4.90 Å². The lowest BCUT2D eigenvalue weighted by atomic mass is 10.1. The first-order chi connectivity index (χ1) is 16.9. The van der Waals surface area contributed by atoms with Crippen molar-refractivity contribution in [1.29, 1.82) is 0 Å². The smallest absolute Gasteiger partial charge is 0.335 e. The summed E-state index contributed by atoms with van der Waals surface area (Å²) in [5.41, 5.74) is 9.09. The average Bonchev–Trinajstić information content (AvgIpc) is 2.86. The molecule has 0 aliphatic heterocycles. The Kier molecular flexibility index (Phi) is 10.1. The van der Waals surface area contributed by atoms with Crippen molar-refractivity contribution >= 4 is 29.3 Å². The summed E-state index contributed by atoms with van der Waals surface area (Å²) in [6.45, 7) is 3.17. The number of benzene rings is 3. The van der Waals surface area contributed by atoms with Crippen molar-refractivity contribution < 1.29 is 14.7 Å². The van der Waals surface area contributed by atoms with Crippen molar-refractivity contribution in [3.63, 3.8) is 0 Å². The molecule has 35 heavy (non-hydrogen) atoms. The molecule has 0 saturated carbocycles. The summed E-state index contributed by atoms with van der Waals surface area (Å²) in [5, 5.41) is 9.80. The van der Waals surface area contributed by atoms with E-state index in [1.165, 1.54) is 5.56 Å². The van der Waals surface area contributed by atoms with Gasteiger partial charge in [0.2, 0.25) is 0 Å². The lowest BCUT2D eigenvalue weighted by molar-refractivity contribution is 0.0697. The fraction of sp³-hybridized carbons (Fsp3) is 0.286. The summed E-state index contributed by atoms with van der Waals surface area (Å²) in [6, 6.07) is 24.0. The van der Waals surface area contributed by atoms with Crippen LogP contribution in [0.3, 0.4) is 0 Å². The SMILES string of the molecule is NC(=O)N(CCCN(CCCc1ccc(C(=O)O)cc1)CCc1ccc(Cl)cc1)c1ccccc1. The number of amides is 2. The molecule has 0 atom stereocenters. The number of rotatable bonds is 13. The molecule has 0 radical (unpaired) electrons. The number of hydrogen-bond donors (Lipinski definition) is 2. The highest BCUT2D eigenvalue weighted by Crippen LogP contribution is 2.15. The summed E-state index contributed by atoms with van der Waals surface area (Å²) >= 11 is 6.02. The van der Waals surface area contributed by atoms with Crippen molar-refractivity contribution in [3.8, 4) is 0 Å². The first-order valence-electron chi connectivity index (χ1n) is 11.8. The maximum Gasteiger partial charge on any atom is 0.335 e. The zero-order valence-electron chi connectivity index (χ0n) is 19.8. The summed E-state index contributed by atoms with van der Waals surface area (Å²) < 4.78 is 0. The maximum atomic E-state index is 12.0. The predicted octanol–water partition coefficient (Wildman–Crippen LogP) is 5.49. The van der Waals surface area contributed by atoms with E-state index in [0.29, 0.717) is 12.1 Å². The number of carbonyl (C=O) groups is 2. The molecular formula is C28H32ClN3O3. The van der Waals surface area contributed by atoms with E-state index in [0.717, 1.165) is 61.6 Å². The number of para-hydroxylation sites is 1. The zero-order valence-corrected chi connectivity index (χ0v) is 20.5. The number of halogens is 1. The molecule has 0 unspecified atom stereocenters. The quantitative estimate of drug-likeness (QED) is 0.329. The Morgan fingerprint density at radius 2 is 1.34 bits per heavy atom. The Morgan fingerprint density at radius 1 is 0.743 bits per heavy atom. The third-order valence-corrected chi connectivity index (χ3v) is 6.21. The predicted molar refractivity (Wildman–Crippen MR) is 141 cm³/mol. The fourth-order valence-electron chi connectivity index (χ4n) is 4.02. The number of anilines is 1. The van der Waals surface area contributed by atoms with Crippen LogP contribution >= 0.6 is 11.6 Å². The van der Waals surface area contributed by atoms with Crippen LogP contribution in [0.4, 0.5) is 10.5 Å². The number of aryl methyl sites for hydroxylation is 1. The van der Waals surface area contributed by atoms with E-state index in [1.807, 2.05) is 54.6 Å². The van der Waals surface area contributed by atoms with Gasteiger partial charge in [-0.05, 0) is 86.3 Å². The molecule has 3 N–H and O–H groups in total. The minimum atomic E-state index is -0.912. The Bertz CT molecular complexity index is 1070. The molecule has 6 nitrogen and oxygen atoms in total. The lowest BCUT2D eigenvalue weighted by Gasteiger charge is -2.25. The first kappa shape index (κ1) is 26.3. The number of aromatic carboxylic acids is 1. The highest BCUT2D eigenvalue weighted by molar-refractivity contribution is 6.30. The number of carboxylic acid groups (broad SMARTS) is 1. The molecule has 2 amide bonds. The van der Waals surface area contributed by atoms with Crippen LogP contribution in [-0.4, -0.2) is 48.2 Å². The molecule has 3 aromatic carbocycles. The van der Waals surface area contributed by atoms with Crippen molar-refractivity contribution in [2.75, 3.05) is 31.1 Å². The molecular weight excluding hydrogens is 462 g/mol. The highest BCUT2D eigenvalue weighted by Gasteiger charge is 2.13. The minimum absolute atomic E-state index is 0.302. The van der Waals surface area contributed by atoms with Gasteiger partial charge in [-0.15, -0.1) is 0 Å². The Labute approximate surface area is 211 Å². The van der Waals surface area contributed by atoms with Crippen molar-refractivity contribution in [2.45, 2.75) is 25.7 Å². The van der Waals surface area contributed by atoms with Gasteiger partial charge in [0.1, 0.15) is 0 Å². The van der Waals surface area contributed by atoms with Crippen LogP contribution in [-0.2, 0) is 12.8 Å². The van der Waals surface area contributed by atoms with Crippen LogP contribution in [0.15, 0.2) is 78.9 Å².